The van der Waals surface area contributed by atoms with Gasteiger partial charge in [0.05, 0.1) is 18.2 Å². The number of carboxylic acids is 2. The topological polar surface area (TPSA) is 391 Å². The highest BCUT2D eigenvalue weighted by Gasteiger charge is 2.37. The Morgan fingerprint density at radius 1 is 0.587 bits per heavy atom. The molecule has 0 unspecified atom stereocenters. The first kappa shape index (κ1) is 55.1. The van der Waals surface area contributed by atoms with Crippen LogP contribution in [0.25, 0.3) is 0 Å². The molecule has 0 heterocycles. The lowest BCUT2D eigenvalue weighted by Crippen LogP contribution is -2.63. The zero-order valence-corrected chi connectivity index (χ0v) is 36.4. The number of aliphatic carboxylic acids is 2. The van der Waals surface area contributed by atoms with E-state index in [9.17, 15) is 68.7 Å². The maximum atomic E-state index is 14.0. The summed E-state index contributed by atoms with van der Waals surface area (Å²) in [6, 6.07) is -6.30. The highest BCUT2D eigenvalue weighted by Crippen LogP contribution is 2.14. The van der Waals surface area contributed by atoms with Crippen molar-refractivity contribution in [2.24, 2.45) is 17.4 Å². The predicted octanol–water partition coefficient (Wildman–Crippen LogP) is -3.42. The summed E-state index contributed by atoms with van der Waals surface area (Å²) in [6.45, 7) is 8.57. The van der Waals surface area contributed by atoms with Gasteiger partial charge < -0.3 is 74.2 Å². The number of carbonyl (C=O) groups is 9. The molecule has 0 spiro atoms. The summed E-state index contributed by atoms with van der Waals surface area (Å²) in [6.07, 6.45) is -3.61. The van der Waals surface area contributed by atoms with E-state index in [0.29, 0.717) is 24.8 Å². The maximum Gasteiger partial charge on any atom is 0.325 e. The number of nitrogens with one attached hydrogen (secondary N) is 7. The van der Waals surface area contributed by atoms with Gasteiger partial charge >= 0.3 is 11.9 Å². The number of phenolic OH excluding ortho intramolecular Hbond substituents is 1. The van der Waals surface area contributed by atoms with E-state index in [1.807, 2.05) is 0 Å². The van der Waals surface area contributed by atoms with E-state index in [-0.39, 0.29) is 25.1 Å². The van der Waals surface area contributed by atoms with Crippen LogP contribution >= 0.6 is 0 Å². The molecule has 1 aromatic rings. The second-order valence-corrected chi connectivity index (χ2v) is 15.5. The third-order valence-corrected chi connectivity index (χ3v) is 9.93. The van der Waals surface area contributed by atoms with E-state index in [1.54, 1.807) is 13.8 Å². The predicted molar refractivity (Wildman–Crippen MR) is 225 cm³/mol. The monoisotopic (exact) mass is 895 g/mol. The molecular weight excluding hydrogens is 830 g/mol. The molecule has 0 saturated heterocycles. The fourth-order valence-corrected chi connectivity index (χ4v) is 5.84. The number of unbranched alkanes of at least 4 members (excludes halogenated alkanes) is 1. The van der Waals surface area contributed by atoms with Crippen molar-refractivity contribution in [2.45, 2.75) is 147 Å². The Morgan fingerprint density at radius 3 is 1.49 bits per heavy atom. The van der Waals surface area contributed by atoms with Gasteiger partial charge in [-0.15, -0.1) is 0 Å². The molecule has 0 bridgehead atoms. The zero-order chi connectivity index (χ0) is 48.1. The highest BCUT2D eigenvalue weighted by atomic mass is 16.4. The molecule has 16 N–H and O–H groups in total. The van der Waals surface area contributed by atoms with Crippen molar-refractivity contribution in [1.82, 2.24) is 37.2 Å². The summed E-state index contributed by atoms with van der Waals surface area (Å²) in [4.78, 5) is 117. The molecule has 0 saturated carbocycles. The summed E-state index contributed by atoms with van der Waals surface area (Å²) >= 11 is 0. The number of aliphatic hydroxyl groups is 2. The van der Waals surface area contributed by atoms with Gasteiger partial charge in [-0.25, -0.2) is 0 Å². The lowest BCUT2D eigenvalue weighted by molar-refractivity contribution is -0.142. The minimum absolute atomic E-state index is 0.00669. The number of carbonyl (C=O) groups excluding carboxylic acids is 7. The molecule has 0 radical (unpaired) electrons. The van der Waals surface area contributed by atoms with Crippen LogP contribution in [0.4, 0.5) is 0 Å². The minimum atomic E-state index is -1.77. The van der Waals surface area contributed by atoms with Crippen molar-refractivity contribution in [3.05, 3.63) is 29.8 Å². The van der Waals surface area contributed by atoms with Crippen LogP contribution in [0.15, 0.2) is 24.3 Å². The summed E-state index contributed by atoms with van der Waals surface area (Å²) in [5.74, 6) is -10.1. The van der Waals surface area contributed by atoms with Gasteiger partial charge in [0.1, 0.15) is 48.0 Å². The van der Waals surface area contributed by atoms with Crippen LogP contribution in [-0.4, -0.2) is 146 Å². The van der Waals surface area contributed by atoms with Gasteiger partial charge in [-0.2, -0.15) is 0 Å². The molecule has 11 atom stereocenters. The second-order valence-electron chi connectivity index (χ2n) is 15.5. The van der Waals surface area contributed by atoms with Crippen molar-refractivity contribution in [2.75, 3.05) is 6.54 Å². The smallest absolute Gasteiger partial charge is 0.325 e. The lowest BCUT2D eigenvalue weighted by Gasteiger charge is -2.30. The van der Waals surface area contributed by atoms with Crippen LogP contribution in [0, 0.1) is 5.92 Å². The van der Waals surface area contributed by atoms with Crippen molar-refractivity contribution >= 4 is 53.3 Å². The van der Waals surface area contributed by atoms with E-state index in [0.717, 1.165) is 13.8 Å². The van der Waals surface area contributed by atoms with Gasteiger partial charge in [0.15, 0.2) is 0 Å². The zero-order valence-electron chi connectivity index (χ0n) is 36.4. The quantitative estimate of drug-likeness (QED) is 0.0364. The number of aromatic hydroxyl groups is 1. The van der Waals surface area contributed by atoms with E-state index in [2.05, 4.69) is 37.2 Å². The molecule has 1 aromatic carbocycles. The summed E-state index contributed by atoms with van der Waals surface area (Å²) in [7, 11) is 0. The molecule has 23 heteroatoms. The van der Waals surface area contributed by atoms with Gasteiger partial charge in [-0.05, 0) is 83.5 Å². The molecule has 0 aliphatic heterocycles. The van der Waals surface area contributed by atoms with Gasteiger partial charge in [0.25, 0.3) is 0 Å². The molecule has 0 fully saturated rings. The fraction of sp³-hybridized carbons (Fsp3) is 0.625. The van der Waals surface area contributed by atoms with E-state index in [4.69, 9.17) is 11.5 Å². The Bertz CT molecular complexity index is 1730. The van der Waals surface area contributed by atoms with Crippen LogP contribution in [0.2, 0.25) is 0 Å². The van der Waals surface area contributed by atoms with Crippen molar-refractivity contribution in [1.29, 1.82) is 0 Å². The first-order chi connectivity index (χ1) is 29.4. The molecule has 1 rings (SSSR count). The van der Waals surface area contributed by atoms with Crippen LogP contribution < -0.4 is 48.7 Å². The number of carboxylic acid groups (broad SMARTS) is 2. The first-order valence-corrected chi connectivity index (χ1v) is 20.6. The summed E-state index contributed by atoms with van der Waals surface area (Å²) < 4.78 is 0. The minimum Gasteiger partial charge on any atom is -0.508 e. The fourth-order valence-electron chi connectivity index (χ4n) is 5.84. The maximum absolute atomic E-state index is 14.0. The average Bonchev–Trinajstić information content (AvgIpc) is 3.21. The number of benzene rings is 1. The number of rotatable bonds is 28. The van der Waals surface area contributed by atoms with Gasteiger partial charge in [-0.3, -0.25) is 43.2 Å². The number of nitrogens with two attached hydrogens (primary N) is 2. The third kappa shape index (κ3) is 19.4. The van der Waals surface area contributed by atoms with E-state index >= 15 is 0 Å². The standard InChI is InChI=1S/C40H65N9O14/c1-7-19(2)30(47-33(55)20(3)42)37(59)49-32(23(6)51)39(61)45-27(15-16-29(53)54)35(57)46-28(18-24-11-13-25(52)14-12-24)36(58)48-31(22(5)50)38(60)44-26(10-8-9-17-41)34(56)43-21(4)40(62)63/h11-14,19-23,26-28,30-32,50-52H,7-10,15-18,41-42H2,1-6H3,(H,43,56)(H,44,60)(H,45,61)(H,46,57)(H,47,55)(H,48,58)(H,49,59)(H,53,54)(H,62,63)/t19-,20-,21-,22+,23+,26-,27-,28-,30-,31-,32-/m0/s1. The molecular formula is C40H65N9O14. The number of hydrogen-bond donors (Lipinski definition) is 14. The van der Waals surface area contributed by atoms with Crippen LogP contribution in [-0.2, 0) is 49.6 Å². The molecule has 0 aliphatic rings. The second kappa shape index (κ2) is 27.2. The lowest BCUT2D eigenvalue weighted by atomic mass is 9.97. The third-order valence-electron chi connectivity index (χ3n) is 9.93. The Morgan fingerprint density at radius 2 is 1.03 bits per heavy atom. The van der Waals surface area contributed by atoms with Crippen molar-refractivity contribution < 1.29 is 68.7 Å². The van der Waals surface area contributed by atoms with Crippen LogP contribution in [0.3, 0.4) is 0 Å². The molecule has 7 amide bonds. The van der Waals surface area contributed by atoms with Gasteiger partial charge in [0.2, 0.25) is 41.4 Å². The number of amides is 7. The Labute approximate surface area is 365 Å². The van der Waals surface area contributed by atoms with Gasteiger partial charge in [-0.1, -0.05) is 32.4 Å². The van der Waals surface area contributed by atoms with Crippen molar-refractivity contribution in [3.8, 4) is 5.75 Å². The SMILES string of the molecule is CC[C@H](C)[C@H](NC(=O)[C@H](C)N)C(=O)N[C@H](C(=O)N[C@@H](CCC(=O)O)C(=O)N[C@@H](Cc1ccc(O)cc1)C(=O)N[C@H](C(=O)N[C@@H](CCCCN)C(=O)N[C@@H](C)C(=O)O)[C@@H](C)O)[C@@H](C)O. The number of hydrogen-bond acceptors (Lipinski definition) is 14. The van der Waals surface area contributed by atoms with Crippen molar-refractivity contribution in [3.63, 3.8) is 0 Å². The molecule has 0 aliphatic carbocycles. The van der Waals surface area contributed by atoms with Crippen LogP contribution in [0.1, 0.15) is 85.6 Å². The number of aliphatic hydroxyl groups excluding tert-OH is 2. The first-order valence-electron chi connectivity index (χ1n) is 20.6. The number of phenols is 1. The molecule has 23 nitrogen and oxygen atoms in total. The molecule has 0 aromatic heterocycles. The van der Waals surface area contributed by atoms with Gasteiger partial charge in [0, 0.05) is 12.8 Å². The summed E-state index contributed by atoms with van der Waals surface area (Å²) in [5, 5.41) is 66.4. The highest BCUT2D eigenvalue weighted by molar-refractivity contribution is 5.98. The normalized spacial score (nSPS) is 16.3. The average molecular weight is 896 g/mol. The largest absolute Gasteiger partial charge is 0.508 e. The Balaban J connectivity index is 3.52. The Kier molecular flexibility index (Phi) is 23.8. The molecule has 63 heavy (non-hydrogen) atoms. The van der Waals surface area contributed by atoms with E-state index in [1.165, 1.54) is 38.1 Å². The Hall–Kier alpha value is -5.91. The summed E-state index contributed by atoms with van der Waals surface area (Å²) in [5.41, 5.74) is 11.6. The molecule has 354 valence electrons. The van der Waals surface area contributed by atoms with E-state index < -0.39 is 133 Å². The van der Waals surface area contributed by atoms with Crippen LogP contribution in [0.5, 0.6) is 5.75 Å².